The number of rotatable bonds is 5. The molecule has 1 aliphatic heterocycles. The number of aryl methyl sites for hydroxylation is 2. The number of aromatic nitrogens is 2. The summed E-state index contributed by atoms with van der Waals surface area (Å²) < 4.78 is 29.4. The van der Waals surface area contributed by atoms with E-state index in [0.717, 1.165) is 17.8 Å². The highest BCUT2D eigenvalue weighted by atomic mass is 35.5. The van der Waals surface area contributed by atoms with Gasteiger partial charge in [-0.2, -0.15) is 9.40 Å². The molecular weight excluding hydrogens is 449 g/mol. The SMILES string of the molecule is CC(=O)Nc1ccc(S(=O)(=O)N2CCCN(Cc3c(C)nn(C)c3Cl)CC2)cc1Cl. The van der Waals surface area contributed by atoms with Crippen LogP contribution in [0.1, 0.15) is 24.6 Å². The second-order valence-corrected chi connectivity index (χ2v) is 10.0. The summed E-state index contributed by atoms with van der Waals surface area (Å²) in [5.74, 6) is -0.274. The number of amides is 1. The van der Waals surface area contributed by atoms with Crippen molar-refractivity contribution >= 4 is 44.8 Å². The highest BCUT2D eigenvalue weighted by Gasteiger charge is 2.28. The van der Waals surface area contributed by atoms with Crippen molar-refractivity contribution in [1.29, 1.82) is 0 Å². The first-order chi connectivity index (χ1) is 14.1. The molecule has 1 saturated heterocycles. The molecule has 1 aliphatic rings. The van der Waals surface area contributed by atoms with E-state index in [-0.39, 0.29) is 15.8 Å². The maximum absolute atomic E-state index is 13.1. The Balaban J connectivity index is 1.72. The highest BCUT2D eigenvalue weighted by molar-refractivity contribution is 7.89. The fraction of sp³-hybridized carbons (Fsp3) is 0.474. The normalized spacial score (nSPS) is 16.4. The lowest BCUT2D eigenvalue weighted by Crippen LogP contribution is -2.35. The topological polar surface area (TPSA) is 87.5 Å². The van der Waals surface area contributed by atoms with Gasteiger partial charge in [-0.15, -0.1) is 0 Å². The molecule has 164 valence electrons. The molecule has 0 bridgehead atoms. The molecule has 1 amide bonds. The standard InChI is InChI=1S/C19H25Cl2N5O3S/c1-13-16(19(21)24(3)23-13)12-25-7-4-8-26(10-9-25)30(28,29)15-5-6-18(17(20)11-15)22-14(2)27/h5-6,11H,4,7-10,12H2,1-3H3,(H,22,27). The van der Waals surface area contributed by atoms with Crippen LogP contribution in [0, 0.1) is 6.92 Å². The maximum atomic E-state index is 13.1. The van der Waals surface area contributed by atoms with Crippen molar-refractivity contribution in [3.8, 4) is 0 Å². The predicted molar refractivity (Wildman–Crippen MR) is 117 cm³/mol. The second kappa shape index (κ2) is 9.23. The summed E-state index contributed by atoms with van der Waals surface area (Å²) in [7, 11) is -1.89. The highest BCUT2D eigenvalue weighted by Crippen LogP contribution is 2.28. The van der Waals surface area contributed by atoms with Gasteiger partial charge < -0.3 is 5.32 Å². The maximum Gasteiger partial charge on any atom is 0.243 e. The quantitative estimate of drug-likeness (QED) is 0.720. The molecule has 1 aromatic carbocycles. The lowest BCUT2D eigenvalue weighted by atomic mass is 10.2. The van der Waals surface area contributed by atoms with E-state index in [1.807, 2.05) is 6.92 Å². The van der Waals surface area contributed by atoms with Crippen LogP contribution in [0.2, 0.25) is 10.2 Å². The summed E-state index contributed by atoms with van der Waals surface area (Å²) in [6, 6.07) is 4.35. The number of hydrogen-bond acceptors (Lipinski definition) is 5. The van der Waals surface area contributed by atoms with E-state index >= 15 is 0 Å². The van der Waals surface area contributed by atoms with E-state index in [4.69, 9.17) is 23.2 Å². The molecule has 30 heavy (non-hydrogen) atoms. The largest absolute Gasteiger partial charge is 0.325 e. The third-order valence-corrected chi connectivity index (χ3v) is 7.77. The molecule has 2 heterocycles. The average molecular weight is 474 g/mol. The Morgan fingerprint density at radius 3 is 2.53 bits per heavy atom. The molecule has 2 aromatic rings. The molecule has 0 atom stereocenters. The van der Waals surface area contributed by atoms with E-state index < -0.39 is 10.0 Å². The van der Waals surface area contributed by atoms with Crippen molar-refractivity contribution in [1.82, 2.24) is 19.0 Å². The molecule has 0 spiro atoms. The van der Waals surface area contributed by atoms with Gasteiger partial charge in [0.1, 0.15) is 5.15 Å². The van der Waals surface area contributed by atoms with Gasteiger partial charge in [-0.05, 0) is 38.1 Å². The van der Waals surface area contributed by atoms with Crippen LogP contribution in [0.15, 0.2) is 23.1 Å². The van der Waals surface area contributed by atoms with E-state index in [0.29, 0.717) is 43.4 Å². The van der Waals surface area contributed by atoms with Crippen molar-refractivity contribution in [2.24, 2.45) is 7.05 Å². The Morgan fingerprint density at radius 2 is 1.93 bits per heavy atom. The van der Waals surface area contributed by atoms with E-state index in [1.165, 1.54) is 29.4 Å². The average Bonchev–Trinajstić information content (AvgIpc) is 2.84. The Morgan fingerprint density at radius 1 is 1.20 bits per heavy atom. The monoisotopic (exact) mass is 473 g/mol. The van der Waals surface area contributed by atoms with Crippen LogP contribution in [-0.2, 0) is 28.4 Å². The van der Waals surface area contributed by atoms with Gasteiger partial charge in [-0.25, -0.2) is 8.42 Å². The Labute approximate surface area is 186 Å². The second-order valence-electron chi connectivity index (χ2n) is 7.34. The molecule has 8 nitrogen and oxygen atoms in total. The summed E-state index contributed by atoms with van der Waals surface area (Å²) in [6.45, 7) is 6.05. The van der Waals surface area contributed by atoms with Crippen LogP contribution in [0.5, 0.6) is 0 Å². The summed E-state index contributed by atoms with van der Waals surface area (Å²) in [5.41, 5.74) is 2.23. The minimum Gasteiger partial charge on any atom is -0.325 e. The predicted octanol–water partition coefficient (Wildman–Crippen LogP) is 2.89. The van der Waals surface area contributed by atoms with Gasteiger partial charge in [0.25, 0.3) is 0 Å². The van der Waals surface area contributed by atoms with Gasteiger partial charge in [0.05, 0.1) is 21.3 Å². The van der Waals surface area contributed by atoms with Crippen molar-refractivity contribution in [2.45, 2.75) is 31.7 Å². The number of sulfonamides is 1. The van der Waals surface area contributed by atoms with E-state index in [2.05, 4.69) is 15.3 Å². The lowest BCUT2D eigenvalue weighted by molar-refractivity contribution is -0.114. The first kappa shape index (κ1) is 23.0. The van der Waals surface area contributed by atoms with E-state index in [1.54, 1.807) is 11.7 Å². The van der Waals surface area contributed by atoms with Crippen LogP contribution in [0.25, 0.3) is 0 Å². The molecule has 0 radical (unpaired) electrons. The molecule has 3 rings (SSSR count). The molecular formula is C19H25Cl2N5O3S. The number of carbonyl (C=O) groups is 1. The minimum atomic E-state index is -3.69. The molecule has 0 aliphatic carbocycles. The lowest BCUT2D eigenvalue weighted by Gasteiger charge is -2.22. The summed E-state index contributed by atoms with van der Waals surface area (Å²) in [6.07, 6.45) is 0.702. The number of nitrogens with one attached hydrogen (secondary N) is 1. The van der Waals surface area contributed by atoms with Gasteiger partial charge >= 0.3 is 0 Å². The van der Waals surface area contributed by atoms with Gasteiger partial charge in [-0.1, -0.05) is 23.2 Å². The fourth-order valence-electron chi connectivity index (χ4n) is 3.52. The summed E-state index contributed by atoms with van der Waals surface area (Å²) in [5, 5.41) is 7.71. The molecule has 1 N–H and O–H groups in total. The Bertz CT molecular complexity index is 1050. The molecule has 11 heteroatoms. The Hall–Kier alpha value is -1.65. The smallest absolute Gasteiger partial charge is 0.243 e. The molecule has 1 fully saturated rings. The molecule has 0 unspecified atom stereocenters. The zero-order chi connectivity index (χ0) is 22.1. The van der Waals surface area contributed by atoms with Gasteiger partial charge in [0, 0.05) is 45.7 Å². The summed E-state index contributed by atoms with van der Waals surface area (Å²) in [4.78, 5) is 13.5. The number of hydrogen-bond donors (Lipinski definition) is 1. The Kier molecular flexibility index (Phi) is 7.09. The van der Waals surface area contributed by atoms with Gasteiger partial charge in [0.2, 0.25) is 15.9 Å². The zero-order valence-electron chi connectivity index (χ0n) is 17.2. The number of anilines is 1. The fourth-order valence-corrected chi connectivity index (χ4v) is 5.54. The number of nitrogens with zero attached hydrogens (tertiary/aromatic N) is 4. The van der Waals surface area contributed by atoms with Gasteiger partial charge in [0.15, 0.2) is 0 Å². The van der Waals surface area contributed by atoms with Crippen molar-refractivity contribution in [3.05, 3.63) is 39.6 Å². The molecule has 1 aromatic heterocycles. The number of benzene rings is 1. The number of carbonyl (C=O) groups excluding carboxylic acids is 1. The van der Waals surface area contributed by atoms with Crippen LogP contribution in [0.3, 0.4) is 0 Å². The zero-order valence-corrected chi connectivity index (χ0v) is 19.5. The third kappa shape index (κ3) is 4.97. The van der Waals surface area contributed by atoms with Crippen molar-refractivity contribution in [3.63, 3.8) is 0 Å². The summed E-state index contributed by atoms with van der Waals surface area (Å²) >= 11 is 12.5. The van der Waals surface area contributed by atoms with Crippen molar-refractivity contribution in [2.75, 3.05) is 31.5 Å². The van der Waals surface area contributed by atoms with Crippen molar-refractivity contribution < 1.29 is 13.2 Å². The van der Waals surface area contributed by atoms with Crippen LogP contribution in [-0.4, -0.2) is 59.5 Å². The first-order valence-electron chi connectivity index (χ1n) is 9.57. The van der Waals surface area contributed by atoms with E-state index in [9.17, 15) is 13.2 Å². The molecule has 0 saturated carbocycles. The van der Waals surface area contributed by atoms with Crippen LogP contribution >= 0.6 is 23.2 Å². The first-order valence-corrected chi connectivity index (χ1v) is 11.8. The van der Waals surface area contributed by atoms with Gasteiger partial charge in [-0.3, -0.25) is 14.4 Å². The third-order valence-electron chi connectivity index (χ3n) is 5.09. The minimum absolute atomic E-state index is 0.112. The van der Waals surface area contributed by atoms with Crippen LogP contribution < -0.4 is 5.32 Å². The van der Waals surface area contributed by atoms with Crippen LogP contribution in [0.4, 0.5) is 5.69 Å². The number of halogens is 2.